The number of amides is 2. The number of alkyl halides is 3. The van der Waals surface area contributed by atoms with Crippen LogP contribution in [0.2, 0.25) is 0 Å². The first-order valence-electron chi connectivity index (χ1n) is 7.43. The van der Waals surface area contributed by atoms with Crippen LogP contribution in [0.4, 0.5) is 13.2 Å². The van der Waals surface area contributed by atoms with Crippen molar-refractivity contribution in [2.75, 3.05) is 13.1 Å². The Morgan fingerprint density at radius 2 is 2.17 bits per heavy atom. The summed E-state index contributed by atoms with van der Waals surface area (Å²) >= 11 is 0. The molecule has 2 heterocycles. The highest BCUT2D eigenvalue weighted by Gasteiger charge is 2.33. The summed E-state index contributed by atoms with van der Waals surface area (Å²) in [4.78, 5) is 29.3. The number of rotatable bonds is 3. The van der Waals surface area contributed by atoms with Gasteiger partial charge in [0.05, 0.1) is 12.1 Å². The zero-order valence-electron chi connectivity index (χ0n) is 12.7. The van der Waals surface area contributed by atoms with E-state index in [2.05, 4.69) is 10.3 Å². The van der Waals surface area contributed by atoms with Crippen molar-refractivity contribution in [3.8, 4) is 0 Å². The fourth-order valence-electron chi connectivity index (χ4n) is 2.57. The van der Waals surface area contributed by atoms with Crippen molar-refractivity contribution in [1.29, 1.82) is 0 Å². The largest absolute Gasteiger partial charge is 0.433 e. The number of carbonyl (C=O) groups is 2. The Balaban J connectivity index is 2.15. The van der Waals surface area contributed by atoms with E-state index in [0.717, 1.165) is 6.07 Å². The molecule has 1 aliphatic rings. The second-order valence-electron chi connectivity index (χ2n) is 5.34. The van der Waals surface area contributed by atoms with Crippen LogP contribution in [0.1, 0.15) is 31.2 Å². The summed E-state index contributed by atoms with van der Waals surface area (Å²) in [6.45, 7) is 2.67. The molecular weight excluding hydrogens is 311 g/mol. The van der Waals surface area contributed by atoms with Gasteiger partial charge in [0, 0.05) is 13.1 Å². The molecule has 23 heavy (non-hydrogen) atoms. The summed E-state index contributed by atoms with van der Waals surface area (Å²) in [6.07, 6.45) is -3.74. The van der Waals surface area contributed by atoms with Crippen molar-refractivity contribution >= 4 is 11.8 Å². The third kappa shape index (κ3) is 4.20. The Morgan fingerprint density at radius 1 is 1.43 bits per heavy atom. The summed E-state index contributed by atoms with van der Waals surface area (Å²) in [7, 11) is 0. The van der Waals surface area contributed by atoms with E-state index in [4.69, 9.17) is 0 Å². The van der Waals surface area contributed by atoms with Crippen LogP contribution >= 0.6 is 0 Å². The van der Waals surface area contributed by atoms with Crippen LogP contribution in [-0.4, -0.2) is 40.8 Å². The molecule has 1 N–H and O–H groups in total. The van der Waals surface area contributed by atoms with Crippen LogP contribution in [0.5, 0.6) is 0 Å². The highest BCUT2D eigenvalue weighted by molar-refractivity contribution is 5.88. The van der Waals surface area contributed by atoms with Crippen LogP contribution < -0.4 is 5.32 Å². The smallest absolute Gasteiger partial charge is 0.354 e. The second kappa shape index (κ2) is 6.97. The highest BCUT2D eigenvalue weighted by Crippen LogP contribution is 2.27. The number of aromatic nitrogens is 1. The van der Waals surface area contributed by atoms with E-state index in [-0.39, 0.29) is 23.9 Å². The van der Waals surface area contributed by atoms with Gasteiger partial charge in [-0.25, -0.2) is 4.98 Å². The summed E-state index contributed by atoms with van der Waals surface area (Å²) in [5.41, 5.74) is -0.979. The molecule has 2 amide bonds. The van der Waals surface area contributed by atoms with E-state index in [1.54, 1.807) is 6.92 Å². The first kappa shape index (κ1) is 17.2. The average molecular weight is 329 g/mol. The molecule has 0 saturated carbocycles. The van der Waals surface area contributed by atoms with E-state index in [0.29, 0.717) is 25.9 Å². The first-order valence-corrected chi connectivity index (χ1v) is 7.43. The molecular formula is C15H18F3N3O2. The van der Waals surface area contributed by atoms with Crippen LogP contribution in [0.25, 0.3) is 0 Å². The van der Waals surface area contributed by atoms with Gasteiger partial charge in [-0.1, -0.05) is 13.0 Å². The highest BCUT2D eigenvalue weighted by atomic mass is 19.4. The minimum Gasteiger partial charge on any atom is -0.354 e. The molecule has 0 aliphatic carbocycles. The second-order valence-corrected chi connectivity index (χ2v) is 5.34. The van der Waals surface area contributed by atoms with Crippen LogP contribution in [0, 0.1) is 0 Å². The number of halogens is 3. The number of nitrogens with zero attached hydrogens (tertiary/aromatic N) is 2. The molecule has 0 radical (unpaired) electrons. The lowest BCUT2D eigenvalue weighted by Crippen LogP contribution is -2.47. The van der Waals surface area contributed by atoms with E-state index in [1.807, 2.05) is 0 Å². The SMILES string of the molecule is CC[C@@H]1C(=O)NCCCN1C(=O)Cc1cccc(C(F)(F)F)n1. The molecule has 1 aromatic rings. The maximum absolute atomic E-state index is 12.7. The lowest BCUT2D eigenvalue weighted by atomic mass is 10.1. The number of pyridine rings is 1. The van der Waals surface area contributed by atoms with Gasteiger partial charge in [-0.05, 0) is 25.0 Å². The molecule has 1 saturated heterocycles. The molecule has 2 rings (SSSR count). The Morgan fingerprint density at radius 3 is 2.83 bits per heavy atom. The third-order valence-electron chi connectivity index (χ3n) is 3.69. The van der Waals surface area contributed by atoms with Crippen LogP contribution in [0.15, 0.2) is 18.2 Å². The van der Waals surface area contributed by atoms with E-state index >= 15 is 0 Å². The first-order chi connectivity index (χ1) is 10.8. The standard InChI is InChI=1S/C15H18F3N3O2/c1-2-11-14(23)19-7-4-8-21(11)13(22)9-10-5-3-6-12(20-10)15(16,17)18/h3,5-6,11H,2,4,7-9H2,1H3,(H,19,23)/t11-/m1/s1. The molecule has 0 bridgehead atoms. The summed E-state index contributed by atoms with van der Waals surface area (Å²) in [6, 6.07) is 2.88. The van der Waals surface area contributed by atoms with Gasteiger partial charge in [-0.3, -0.25) is 9.59 Å². The van der Waals surface area contributed by atoms with Gasteiger partial charge in [0.25, 0.3) is 0 Å². The zero-order valence-corrected chi connectivity index (χ0v) is 12.7. The van der Waals surface area contributed by atoms with Gasteiger partial charge >= 0.3 is 6.18 Å². The van der Waals surface area contributed by atoms with Crippen molar-refractivity contribution < 1.29 is 22.8 Å². The molecule has 5 nitrogen and oxygen atoms in total. The summed E-state index contributed by atoms with van der Waals surface area (Å²) in [5.74, 6) is -0.615. The van der Waals surface area contributed by atoms with E-state index < -0.39 is 17.9 Å². The summed E-state index contributed by atoms with van der Waals surface area (Å²) < 4.78 is 38.0. The van der Waals surface area contributed by atoms with Gasteiger partial charge in [0.15, 0.2) is 0 Å². The number of hydrogen-bond acceptors (Lipinski definition) is 3. The maximum atomic E-state index is 12.7. The fourth-order valence-corrected chi connectivity index (χ4v) is 2.57. The normalized spacial score (nSPS) is 19.2. The zero-order chi connectivity index (χ0) is 17.0. The molecule has 0 spiro atoms. The van der Waals surface area contributed by atoms with Gasteiger partial charge < -0.3 is 10.2 Å². The van der Waals surface area contributed by atoms with Gasteiger partial charge in [0.1, 0.15) is 11.7 Å². The minimum absolute atomic E-state index is 0.0457. The Labute approximate surface area is 131 Å². The average Bonchev–Trinajstić information content (AvgIpc) is 2.68. The maximum Gasteiger partial charge on any atom is 0.433 e. The number of carbonyl (C=O) groups excluding carboxylic acids is 2. The number of nitrogens with one attached hydrogen (secondary N) is 1. The lowest BCUT2D eigenvalue weighted by Gasteiger charge is -2.27. The Bertz CT molecular complexity index is 590. The fraction of sp³-hybridized carbons (Fsp3) is 0.533. The van der Waals surface area contributed by atoms with Crippen LogP contribution in [0.3, 0.4) is 0 Å². The minimum atomic E-state index is -4.55. The topological polar surface area (TPSA) is 62.3 Å². The molecule has 1 aromatic heterocycles. The quantitative estimate of drug-likeness (QED) is 0.919. The monoisotopic (exact) mass is 329 g/mol. The van der Waals surface area contributed by atoms with Gasteiger partial charge in [0.2, 0.25) is 11.8 Å². The van der Waals surface area contributed by atoms with Crippen molar-refractivity contribution in [3.05, 3.63) is 29.6 Å². The molecule has 1 aliphatic heterocycles. The predicted molar refractivity (Wildman–Crippen MR) is 76.4 cm³/mol. The van der Waals surface area contributed by atoms with E-state index in [1.165, 1.54) is 17.0 Å². The lowest BCUT2D eigenvalue weighted by molar-refractivity contribution is -0.142. The Hall–Kier alpha value is -2.12. The molecule has 1 atom stereocenters. The molecule has 126 valence electrons. The van der Waals surface area contributed by atoms with Crippen molar-refractivity contribution in [2.24, 2.45) is 0 Å². The molecule has 1 fully saturated rings. The van der Waals surface area contributed by atoms with Crippen LogP contribution in [-0.2, 0) is 22.2 Å². The van der Waals surface area contributed by atoms with Crippen molar-refractivity contribution in [3.63, 3.8) is 0 Å². The molecule has 0 aromatic carbocycles. The van der Waals surface area contributed by atoms with Gasteiger partial charge in [-0.15, -0.1) is 0 Å². The molecule has 8 heteroatoms. The van der Waals surface area contributed by atoms with Gasteiger partial charge in [-0.2, -0.15) is 13.2 Å². The van der Waals surface area contributed by atoms with Crippen molar-refractivity contribution in [1.82, 2.24) is 15.2 Å². The van der Waals surface area contributed by atoms with E-state index in [9.17, 15) is 22.8 Å². The Kier molecular flexibility index (Phi) is 5.23. The third-order valence-corrected chi connectivity index (χ3v) is 3.69. The number of hydrogen-bond donors (Lipinski definition) is 1. The summed E-state index contributed by atoms with van der Waals surface area (Å²) in [5, 5.41) is 2.73. The van der Waals surface area contributed by atoms with Crippen molar-refractivity contribution in [2.45, 2.75) is 38.4 Å². The predicted octanol–water partition coefficient (Wildman–Crippen LogP) is 1.77. The molecule has 0 unspecified atom stereocenters.